The van der Waals surface area contributed by atoms with Crippen LogP contribution in [0.25, 0.3) is 0 Å². The molecule has 1 saturated carbocycles. The van der Waals surface area contributed by atoms with Gasteiger partial charge in [0.25, 0.3) is 0 Å². The third kappa shape index (κ3) is 3.57. The smallest absolute Gasteiger partial charge is 0.386 e. The number of hydrogen-bond donors (Lipinski definition) is 0. The lowest BCUT2D eigenvalue weighted by Gasteiger charge is -2.38. The zero-order chi connectivity index (χ0) is 22.3. The fourth-order valence-corrected chi connectivity index (χ4v) is 4.28. The Bertz CT molecular complexity index is 1150. The van der Waals surface area contributed by atoms with Crippen molar-refractivity contribution in [3.8, 4) is 0 Å². The number of halogens is 4. The van der Waals surface area contributed by atoms with Gasteiger partial charge in [-0.25, -0.2) is 15.0 Å². The molecule has 0 radical (unpaired) electrons. The fourth-order valence-electron chi connectivity index (χ4n) is 4.04. The van der Waals surface area contributed by atoms with Crippen LogP contribution in [0.15, 0.2) is 70.3 Å². The predicted octanol–water partition coefficient (Wildman–Crippen LogP) is 4.84. The summed E-state index contributed by atoms with van der Waals surface area (Å²) in [6.45, 7) is 0. The van der Waals surface area contributed by atoms with E-state index in [9.17, 15) is 13.2 Å². The summed E-state index contributed by atoms with van der Waals surface area (Å²) < 4.78 is 42.8. The van der Waals surface area contributed by atoms with Crippen molar-refractivity contribution in [1.29, 1.82) is 0 Å². The average Bonchev–Trinajstić information content (AvgIpc) is 3.17. The number of alkyl halides is 3. The molecule has 0 saturated heterocycles. The maximum atomic E-state index is 14.3. The number of oxime groups is 1. The zero-order valence-corrected chi connectivity index (χ0v) is 17.4. The van der Waals surface area contributed by atoms with E-state index >= 15 is 0 Å². The van der Waals surface area contributed by atoms with Crippen LogP contribution in [-0.2, 0) is 4.84 Å². The van der Waals surface area contributed by atoms with E-state index in [1.807, 2.05) is 0 Å². The highest BCUT2D eigenvalue weighted by atomic mass is 35.5. The molecule has 2 atom stereocenters. The molecule has 1 aliphatic carbocycles. The SMILES string of the molecule is FC(F)(F)C1=C(C2ON=C(c3ccccc3Cl)C2c2ncccn2)C=C=NN1C1CCC1. The Kier molecular flexibility index (Phi) is 5.23. The van der Waals surface area contributed by atoms with Crippen molar-refractivity contribution in [3.63, 3.8) is 0 Å². The van der Waals surface area contributed by atoms with Gasteiger partial charge in [0.1, 0.15) is 23.2 Å². The van der Waals surface area contributed by atoms with Crippen molar-refractivity contribution in [1.82, 2.24) is 15.0 Å². The lowest BCUT2D eigenvalue weighted by molar-refractivity contribution is -0.120. The maximum absolute atomic E-state index is 14.3. The van der Waals surface area contributed by atoms with Crippen molar-refractivity contribution >= 4 is 23.2 Å². The van der Waals surface area contributed by atoms with Gasteiger partial charge in [-0.3, -0.25) is 0 Å². The molecular formula is C22H17ClF3N5O. The summed E-state index contributed by atoms with van der Waals surface area (Å²) in [5.41, 5.74) is -0.0512. The van der Waals surface area contributed by atoms with Gasteiger partial charge in [-0.2, -0.15) is 13.2 Å². The van der Waals surface area contributed by atoms with Gasteiger partial charge >= 0.3 is 6.18 Å². The molecule has 1 fully saturated rings. The first-order valence-corrected chi connectivity index (χ1v) is 10.5. The molecule has 5 rings (SSSR count). The lowest BCUT2D eigenvalue weighted by atomic mass is 9.85. The Labute approximate surface area is 186 Å². The van der Waals surface area contributed by atoms with Crippen LogP contribution >= 0.6 is 11.6 Å². The minimum Gasteiger partial charge on any atom is -0.386 e. The van der Waals surface area contributed by atoms with Crippen LogP contribution in [-0.4, -0.2) is 44.9 Å². The van der Waals surface area contributed by atoms with Gasteiger partial charge in [0.2, 0.25) is 0 Å². The van der Waals surface area contributed by atoms with Crippen LogP contribution < -0.4 is 0 Å². The van der Waals surface area contributed by atoms with E-state index in [0.29, 0.717) is 29.1 Å². The van der Waals surface area contributed by atoms with E-state index in [0.717, 1.165) is 11.4 Å². The van der Waals surface area contributed by atoms with Crippen molar-refractivity contribution < 1.29 is 18.0 Å². The molecule has 0 N–H and O–H groups in total. The Morgan fingerprint density at radius 2 is 1.84 bits per heavy atom. The number of hydrazone groups is 1. The second-order valence-corrected chi connectivity index (χ2v) is 8.08. The summed E-state index contributed by atoms with van der Waals surface area (Å²) in [7, 11) is 0. The first-order chi connectivity index (χ1) is 15.4. The average molecular weight is 460 g/mol. The summed E-state index contributed by atoms with van der Waals surface area (Å²) in [5.74, 6) is 2.10. The number of allylic oxidation sites excluding steroid dienone is 1. The Hall–Kier alpha value is -3.16. The molecule has 10 heteroatoms. The molecule has 2 unspecified atom stereocenters. The molecular weight excluding hydrogens is 443 g/mol. The quantitative estimate of drug-likeness (QED) is 0.656. The number of aromatic nitrogens is 2. The van der Waals surface area contributed by atoms with Crippen LogP contribution in [0.3, 0.4) is 0 Å². The van der Waals surface area contributed by atoms with Crippen molar-refractivity contribution in [2.75, 3.05) is 0 Å². The van der Waals surface area contributed by atoms with E-state index in [1.165, 1.54) is 18.5 Å². The third-order valence-electron chi connectivity index (χ3n) is 5.76. The minimum absolute atomic E-state index is 0.109. The van der Waals surface area contributed by atoms with Gasteiger partial charge < -0.3 is 4.84 Å². The standard InChI is InChI=1S/C22H17ClF3N5O/c23-16-8-2-1-7-14(16)18-17(21-27-10-4-11-28-21)19(32-30-18)15-9-12-29-31(13-5-3-6-13)20(15)22(24,25)26/h1-2,4,7-11,13,17,19H,3,5-6H2. The third-order valence-corrected chi connectivity index (χ3v) is 6.09. The Morgan fingerprint density at radius 1 is 1.09 bits per heavy atom. The largest absolute Gasteiger partial charge is 0.433 e. The summed E-state index contributed by atoms with van der Waals surface area (Å²) in [4.78, 5) is 14.2. The molecule has 2 aromatic rings. The van der Waals surface area contributed by atoms with Crippen LogP contribution in [0.5, 0.6) is 0 Å². The molecule has 0 spiro atoms. The molecule has 0 bridgehead atoms. The van der Waals surface area contributed by atoms with Gasteiger partial charge in [-0.1, -0.05) is 35.0 Å². The maximum Gasteiger partial charge on any atom is 0.433 e. The first-order valence-electron chi connectivity index (χ1n) is 10.1. The summed E-state index contributed by atoms with van der Waals surface area (Å²) in [5, 5.41) is 9.50. The monoisotopic (exact) mass is 459 g/mol. The molecule has 2 aliphatic heterocycles. The van der Waals surface area contributed by atoms with Crippen molar-refractivity contribution in [2.24, 2.45) is 10.3 Å². The lowest BCUT2D eigenvalue weighted by Crippen LogP contribution is -2.43. The Morgan fingerprint density at radius 3 is 2.50 bits per heavy atom. The van der Waals surface area contributed by atoms with Crippen molar-refractivity contribution in [3.05, 3.63) is 76.5 Å². The predicted molar refractivity (Wildman–Crippen MR) is 112 cm³/mol. The van der Waals surface area contributed by atoms with E-state index in [4.69, 9.17) is 16.4 Å². The second-order valence-electron chi connectivity index (χ2n) is 7.67. The minimum atomic E-state index is -4.65. The molecule has 1 aromatic carbocycles. The van der Waals surface area contributed by atoms with Gasteiger partial charge in [-0.05, 0) is 31.4 Å². The van der Waals surface area contributed by atoms with E-state index in [1.54, 1.807) is 30.3 Å². The first kappa shape index (κ1) is 20.7. The van der Waals surface area contributed by atoms with Crippen molar-refractivity contribution in [2.45, 2.75) is 43.5 Å². The van der Waals surface area contributed by atoms with Gasteiger partial charge in [-0.15, -0.1) is 5.10 Å². The van der Waals surface area contributed by atoms with Crippen LogP contribution in [0.1, 0.15) is 36.6 Å². The topological polar surface area (TPSA) is 63.0 Å². The molecule has 0 amide bonds. The van der Waals surface area contributed by atoms with E-state index < -0.39 is 23.9 Å². The van der Waals surface area contributed by atoms with E-state index in [-0.39, 0.29) is 17.4 Å². The highest BCUT2D eigenvalue weighted by Crippen LogP contribution is 2.44. The molecule has 1 aromatic heterocycles. The highest BCUT2D eigenvalue weighted by Gasteiger charge is 2.50. The number of hydrogen-bond acceptors (Lipinski definition) is 6. The number of rotatable bonds is 4. The molecule has 6 nitrogen and oxygen atoms in total. The second kappa shape index (κ2) is 8.07. The van der Waals surface area contributed by atoms with Gasteiger partial charge in [0.15, 0.2) is 6.10 Å². The van der Waals surface area contributed by atoms with Gasteiger partial charge in [0.05, 0.1) is 6.04 Å². The zero-order valence-electron chi connectivity index (χ0n) is 16.6. The summed E-state index contributed by atoms with van der Waals surface area (Å²) >= 11 is 6.37. The van der Waals surface area contributed by atoms with Crippen LogP contribution in [0, 0.1) is 0 Å². The Balaban J connectivity index is 1.64. The van der Waals surface area contributed by atoms with Crippen LogP contribution in [0.4, 0.5) is 13.2 Å². The van der Waals surface area contributed by atoms with Gasteiger partial charge in [0, 0.05) is 40.5 Å². The number of nitrogens with zero attached hydrogens (tertiary/aromatic N) is 5. The molecule has 3 aliphatic rings. The molecule has 164 valence electrons. The molecule has 3 heterocycles. The number of benzene rings is 1. The summed E-state index contributed by atoms with van der Waals surface area (Å²) in [6.07, 6.45) is 0.633. The molecule has 32 heavy (non-hydrogen) atoms. The fraction of sp³-hybridized carbons (Fsp3) is 0.318. The van der Waals surface area contributed by atoms with Crippen LogP contribution in [0.2, 0.25) is 5.02 Å². The van der Waals surface area contributed by atoms with E-state index in [2.05, 4.69) is 26.1 Å². The highest BCUT2D eigenvalue weighted by molar-refractivity contribution is 6.34. The summed E-state index contributed by atoms with van der Waals surface area (Å²) in [6, 6.07) is 8.26. The normalized spacial score (nSPS) is 23.2.